The maximum Gasteiger partial charge on any atom is 0.213 e. The number of anilines is 2. The topological polar surface area (TPSA) is 121 Å². The molecule has 1 aliphatic heterocycles. The van der Waals surface area contributed by atoms with Crippen LogP contribution in [-0.4, -0.2) is 64.6 Å². The number of hydrogen-bond donors (Lipinski definition) is 2. The summed E-state index contributed by atoms with van der Waals surface area (Å²) >= 11 is 0. The maximum absolute atomic E-state index is 12.0. The van der Waals surface area contributed by atoms with E-state index in [9.17, 15) is 8.42 Å². The molecule has 1 fully saturated rings. The summed E-state index contributed by atoms with van der Waals surface area (Å²) in [5.74, 6) is 1.64. The summed E-state index contributed by atoms with van der Waals surface area (Å²) in [6.45, 7) is 5.65. The van der Waals surface area contributed by atoms with Crippen molar-refractivity contribution >= 4 is 32.7 Å². The van der Waals surface area contributed by atoms with Crippen LogP contribution >= 0.6 is 0 Å². The summed E-state index contributed by atoms with van der Waals surface area (Å²) in [6, 6.07) is 5.97. The van der Waals surface area contributed by atoms with Gasteiger partial charge in [0.25, 0.3) is 0 Å². The van der Waals surface area contributed by atoms with Gasteiger partial charge in [0.05, 0.1) is 23.0 Å². The number of fused-ring (bicyclic) bond motifs is 1. The molecule has 2 aromatic heterocycles. The zero-order valence-corrected chi connectivity index (χ0v) is 16.7. The fourth-order valence-electron chi connectivity index (χ4n) is 3.33. The minimum absolute atomic E-state index is 0. The zero-order valence-electron chi connectivity index (χ0n) is 15.9. The number of nitrogens with zero attached hydrogens (tertiary/aromatic N) is 5. The molecular formula is C18H27N7O2S. The number of nitrogens with one attached hydrogen (secondary N) is 1. The monoisotopic (exact) mass is 405 g/mol. The molecule has 10 heteroatoms. The zero-order chi connectivity index (χ0) is 19.9. The third kappa shape index (κ3) is 3.40. The molecule has 1 aromatic carbocycles. The van der Waals surface area contributed by atoms with Crippen LogP contribution in [0.4, 0.5) is 11.6 Å². The van der Waals surface area contributed by atoms with Crippen molar-refractivity contribution in [2.75, 3.05) is 42.6 Å². The van der Waals surface area contributed by atoms with E-state index in [-0.39, 0.29) is 8.61 Å². The average molecular weight is 406 g/mol. The van der Waals surface area contributed by atoms with Crippen LogP contribution in [0.1, 0.15) is 15.3 Å². The number of imidazole rings is 1. The van der Waals surface area contributed by atoms with Crippen molar-refractivity contribution in [1.82, 2.24) is 24.2 Å². The Kier molecular flexibility index (Phi) is 4.68. The number of aryl methyl sites for hydroxylation is 1. The molecule has 0 spiro atoms. The Hall–Kier alpha value is -2.72. The van der Waals surface area contributed by atoms with E-state index in [0.29, 0.717) is 49.3 Å². The first-order valence-electron chi connectivity index (χ1n) is 9.19. The number of piperazine rings is 1. The summed E-state index contributed by atoms with van der Waals surface area (Å²) in [7, 11) is -3.17. The maximum atomic E-state index is 12.0. The second-order valence-electron chi connectivity index (χ2n) is 6.85. The van der Waals surface area contributed by atoms with E-state index in [2.05, 4.69) is 19.9 Å². The summed E-state index contributed by atoms with van der Waals surface area (Å²) in [5, 5.41) is 0. The van der Waals surface area contributed by atoms with Crippen LogP contribution < -0.4 is 10.6 Å². The molecule has 0 aliphatic carbocycles. The molecule has 4 rings (SSSR count). The van der Waals surface area contributed by atoms with Gasteiger partial charge in [0, 0.05) is 29.0 Å². The largest absolute Gasteiger partial charge is 0.382 e. The van der Waals surface area contributed by atoms with Crippen molar-refractivity contribution in [1.29, 1.82) is 0 Å². The fraction of sp³-hybridized carbons (Fsp3) is 0.389. The number of benzene rings is 1. The second kappa shape index (κ2) is 7.02. The van der Waals surface area contributed by atoms with Gasteiger partial charge in [-0.1, -0.05) is 6.07 Å². The number of H-pyrrole nitrogens is 1. The molecule has 1 aliphatic rings. The van der Waals surface area contributed by atoms with Crippen LogP contribution in [0.3, 0.4) is 0 Å². The minimum atomic E-state index is -3.17. The van der Waals surface area contributed by atoms with E-state index in [0.717, 1.165) is 16.6 Å². The summed E-state index contributed by atoms with van der Waals surface area (Å²) in [6.07, 6.45) is 1.62. The van der Waals surface area contributed by atoms with Gasteiger partial charge < -0.3 is 15.6 Å². The number of nitrogens with two attached hydrogens (primary N) is 1. The van der Waals surface area contributed by atoms with Crippen LogP contribution in [-0.2, 0) is 10.0 Å². The Morgan fingerprint density at radius 2 is 1.96 bits per heavy atom. The van der Waals surface area contributed by atoms with Crippen LogP contribution in [0.2, 0.25) is 0 Å². The van der Waals surface area contributed by atoms with Gasteiger partial charge in [-0.3, -0.25) is 0 Å². The minimum Gasteiger partial charge on any atom is -0.382 e. The van der Waals surface area contributed by atoms with Gasteiger partial charge in [0.2, 0.25) is 10.0 Å². The number of sulfonamides is 1. The van der Waals surface area contributed by atoms with Gasteiger partial charge in [-0.2, -0.15) is 4.31 Å². The molecule has 0 unspecified atom stereocenters. The highest BCUT2D eigenvalue weighted by molar-refractivity contribution is 7.89. The predicted molar refractivity (Wildman–Crippen MR) is 114 cm³/mol. The molecular weight excluding hydrogens is 378 g/mol. The highest BCUT2D eigenvalue weighted by Crippen LogP contribution is 2.26. The van der Waals surface area contributed by atoms with Crippen molar-refractivity contribution in [2.24, 2.45) is 0 Å². The van der Waals surface area contributed by atoms with Gasteiger partial charge in [0.15, 0.2) is 17.3 Å². The molecule has 3 N–H and O–H groups in total. The summed E-state index contributed by atoms with van der Waals surface area (Å²) in [4.78, 5) is 18.8. The molecule has 0 amide bonds. The van der Waals surface area contributed by atoms with Gasteiger partial charge >= 0.3 is 0 Å². The lowest BCUT2D eigenvalue weighted by Crippen LogP contribution is -2.49. The quantitative estimate of drug-likeness (QED) is 0.679. The van der Waals surface area contributed by atoms with E-state index in [4.69, 9.17) is 5.73 Å². The molecule has 3 heterocycles. The van der Waals surface area contributed by atoms with Crippen molar-refractivity contribution in [3.63, 3.8) is 0 Å². The lowest BCUT2D eigenvalue weighted by Gasteiger charge is -2.34. The fourth-order valence-corrected chi connectivity index (χ4v) is 4.41. The van der Waals surface area contributed by atoms with Gasteiger partial charge in [-0.15, -0.1) is 0 Å². The molecule has 9 nitrogen and oxygen atoms in total. The lowest BCUT2D eigenvalue weighted by molar-refractivity contribution is 0.384. The normalized spacial score (nSPS) is 16.0. The van der Waals surface area contributed by atoms with E-state index in [1.165, 1.54) is 4.31 Å². The van der Waals surface area contributed by atoms with E-state index in [1.807, 2.05) is 30.0 Å². The Labute approximate surface area is 166 Å². The first-order valence-corrected chi connectivity index (χ1v) is 10.8. The molecule has 0 radical (unpaired) electrons. The van der Waals surface area contributed by atoms with E-state index in [1.54, 1.807) is 13.1 Å². The Morgan fingerprint density at radius 3 is 2.68 bits per heavy atom. The third-order valence-corrected chi connectivity index (χ3v) is 6.85. The van der Waals surface area contributed by atoms with Gasteiger partial charge in [0.1, 0.15) is 5.82 Å². The summed E-state index contributed by atoms with van der Waals surface area (Å²) < 4.78 is 25.6. The highest BCUT2D eigenvalue weighted by atomic mass is 32.2. The smallest absolute Gasteiger partial charge is 0.213 e. The first kappa shape index (κ1) is 18.6. The molecule has 152 valence electrons. The molecule has 0 atom stereocenters. The van der Waals surface area contributed by atoms with Gasteiger partial charge in [-0.25, -0.2) is 23.4 Å². The van der Waals surface area contributed by atoms with Crippen LogP contribution in [0.15, 0.2) is 24.4 Å². The molecule has 3 aromatic rings. The molecule has 0 bridgehead atoms. The summed E-state index contributed by atoms with van der Waals surface area (Å²) in [5.41, 5.74) is 9.45. The molecule has 0 saturated carbocycles. The Balaban J connectivity index is 0.00000160. The molecule has 1 saturated heterocycles. The SMILES string of the molecule is CCS(=O)(=O)N1CCN(c2cnc(N)c(-c3nc4ccc(C)cc4[nH]3)n2)CC1.[HH].[HH]. The van der Waals surface area contributed by atoms with Crippen LogP contribution in [0.25, 0.3) is 22.6 Å². The average Bonchev–Trinajstić information content (AvgIpc) is 3.11. The van der Waals surface area contributed by atoms with E-state index < -0.39 is 10.0 Å². The number of aromatic nitrogens is 4. The lowest BCUT2D eigenvalue weighted by atomic mass is 10.2. The number of rotatable bonds is 4. The van der Waals surface area contributed by atoms with Crippen molar-refractivity contribution < 1.29 is 11.3 Å². The second-order valence-corrected chi connectivity index (χ2v) is 9.11. The number of nitrogen functional groups attached to an aromatic ring is 1. The van der Waals surface area contributed by atoms with Crippen molar-refractivity contribution in [2.45, 2.75) is 13.8 Å². The van der Waals surface area contributed by atoms with E-state index >= 15 is 0 Å². The third-order valence-electron chi connectivity index (χ3n) is 4.97. The Morgan fingerprint density at radius 1 is 1.21 bits per heavy atom. The first-order chi connectivity index (χ1) is 13.4. The number of hydrogen-bond acceptors (Lipinski definition) is 7. The Bertz CT molecular complexity index is 1130. The predicted octanol–water partition coefficient (Wildman–Crippen LogP) is 1.87. The van der Waals surface area contributed by atoms with Crippen molar-refractivity contribution in [3.8, 4) is 11.5 Å². The number of aromatic amines is 1. The van der Waals surface area contributed by atoms with Crippen LogP contribution in [0.5, 0.6) is 0 Å². The highest BCUT2D eigenvalue weighted by Gasteiger charge is 2.26. The van der Waals surface area contributed by atoms with Crippen molar-refractivity contribution in [3.05, 3.63) is 30.0 Å². The standard InChI is InChI=1S/C18H23N7O2S.2H2/c1-3-28(26,27)25-8-6-24(7-9-25)15-11-20-17(19)16(23-15)18-21-13-5-4-12(2)10-14(13)22-18;;/h4-5,10-11H,3,6-9H2,1-2H3,(H2,19,20)(H,21,22);2*1H. The van der Waals surface area contributed by atoms with Crippen LogP contribution in [0, 0.1) is 6.92 Å². The van der Waals surface area contributed by atoms with Gasteiger partial charge in [-0.05, 0) is 31.5 Å². The molecule has 28 heavy (non-hydrogen) atoms.